The van der Waals surface area contributed by atoms with Crippen LogP contribution < -0.4 is 10.2 Å². The second-order valence-corrected chi connectivity index (χ2v) is 6.54. The van der Waals surface area contributed by atoms with E-state index >= 15 is 0 Å². The average Bonchev–Trinajstić information content (AvgIpc) is 2.71. The molecule has 0 aliphatic carbocycles. The molecule has 0 fully saturated rings. The smallest absolute Gasteiger partial charge is 0.237 e. The first-order valence-corrected chi connectivity index (χ1v) is 8.89. The normalized spacial score (nSPS) is 10.8. The van der Waals surface area contributed by atoms with E-state index in [1.807, 2.05) is 61.5 Å². The van der Waals surface area contributed by atoms with Crippen molar-refractivity contribution in [2.45, 2.75) is 13.3 Å². The van der Waals surface area contributed by atoms with Gasteiger partial charge in [-0.25, -0.2) is 0 Å². The molecule has 2 N–H and O–H groups in total. The topological polar surface area (TPSA) is 87.6 Å². The monoisotopic (exact) mass is 369 g/mol. The largest absolute Gasteiger partial charge is 0.438 e. The van der Waals surface area contributed by atoms with Crippen molar-refractivity contribution in [1.82, 2.24) is 14.8 Å². The molecule has 0 radical (unpaired) electrons. The van der Waals surface area contributed by atoms with E-state index in [0.29, 0.717) is 18.1 Å². The van der Waals surface area contributed by atoms with Crippen LogP contribution in [0.3, 0.4) is 0 Å². The van der Waals surface area contributed by atoms with Crippen LogP contribution in [0.4, 0.5) is 0 Å². The zero-order chi connectivity index (χ0) is 19.5. The molecule has 0 unspecified atom stereocenters. The Morgan fingerprint density at radius 1 is 1.04 bits per heavy atom. The molecule has 0 aliphatic heterocycles. The van der Waals surface area contributed by atoms with Crippen molar-refractivity contribution in [3.05, 3.63) is 89.5 Å². The Hall–Kier alpha value is -3.80. The second kappa shape index (κ2) is 7.44. The summed E-state index contributed by atoms with van der Waals surface area (Å²) in [4.78, 5) is 4.31. The van der Waals surface area contributed by atoms with Gasteiger partial charge in [0.2, 0.25) is 5.88 Å². The summed E-state index contributed by atoms with van der Waals surface area (Å²) in [5.41, 5.74) is 3.15. The molecular formula is C22H19N5O. The summed E-state index contributed by atoms with van der Waals surface area (Å²) in [5.74, 6) is 1.20. The Morgan fingerprint density at radius 3 is 2.68 bits per heavy atom. The van der Waals surface area contributed by atoms with Crippen LogP contribution >= 0.6 is 0 Å². The van der Waals surface area contributed by atoms with Gasteiger partial charge in [-0.15, -0.1) is 5.10 Å². The van der Waals surface area contributed by atoms with E-state index in [0.717, 1.165) is 22.0 Å². The van der Waals surface area contributed by atoms with Gasteiger partial charge in [0.1, 0.15) is 17.1 Å². The highest BCUT2D eigenvalue weighted by molar-refractivity contribution is 5.85. The van der Waals surface area contributed by atoms with Gasteiger partial charge in [0.25, 0.3) is 0 Å². The van der Waals surface area contributed by atoms with Gasteiger partial charge in [0.15, 0.2) is 0 Å². The van der Waals surface area contributed by atoms with E-state index in [-0.39, 0.29) is 11.3 Å². The summed E-state index contributed by atoms with van der Waals surface area (Å²) < 4.78 is 7.06. The van der Waals surface area contributed by atoms with Crippen LogP contribution in [0.25, 0.3) is 10.9 Å². The van der Waals surface area contributed by atoms with Gasteiger partial charge in [0.05, 0.1) is 5.52 Å². The maximum absolute atomic E-state index is 8.43. The maximum Gasteiger partial charge on any atom is 0.237 e. The lowest BCUT2D eigenvalue weighted by Crippen LogP contribution is -2.30. The summed E-state index contributed by atoms with van der Waals surface area (Å²) in [7, 11) is 0. The summed E-state index contributed by atoms with van der Waals surface area (Å²) >= 11 is 0. The number of fused-ring (bicyclic) bond motifs is 1. The Morgan fingerprint density at radius 2 is 1.86 bits per heavy atom. The number of pyridine rings is 1. The summed E-state index contributed by atoms with van der Waals surface area (Å²) in [5, 5.41) is 21.9. The first-order chi connectivity index (χ1) is 13.6. The van der Waals surface area contributed by atoms with E-state index in [1.165, 1.54) is 4.68 Å². The summed E-state index contributed by atoms with van der Waals surface area (Å²) in [6, 6.07) is 20.6. The van der Waals surface area contributed by atoms with Crippen LogP contribution in [0.2, 0.25) is 0 Å². The number of ether oxygens (including phenoxy) is 1. The van der Waals surface area contributed by atoms with Gasteiger partial charge >= 0.3 is 0 Å². The maximum atomic E-state index is 8.43. The fourth-order valence-electron chi connectivity index (χ4n) is 2.90. The zero-order valence-corrected chi connectivity index (χ0v) is 15.4. The average molecular weight is 369 g/mol. The molecule has 0 atom stereocenters. The number of hydrogen-bond donors (Lipinski definition) is 2. The molecule has 28 heavy (non-hydrogen) atoms. The molecule has 4 aromatic rings. The van der Waals surface area contributed by atoms with E-state index in [2.05, 4.69) is 10.1 Å². The predicted molar refractivity (Wildman–Crippen MR) is 108 cm³/mol. The molecule has 4 rings (SSSR count). The molecule has 2 aromatic heterocycles. The lowest BCUT2D eigenvalue weighted by molar-refractivity contribution is 0.447. The molecule has 2 heterocycles. The van der Waals surface area contributed by atoms with E-state index < -0.39 is 0 Å². The Kier molecular flexibility index (Phi) is 4.68. The molecule has 2 aromatic carbocycles. The standard InChI is InChI=1S/C22H19N5O/c1-15-4-7-18(8-5-15)28-22-11-10-20(23)27(26-22)21(24)14-16-6-9-19-17(13-16)3-2-12-25-19/h2-13,23-24H,14H2,1H3. The van der Waals surface area contributed by atoms with E-state index in [9.17, 15) is 0 Å². The van der Waals surface area contributed by atoms with Crippen molar-refractivity contribution in [1.29, 1.82) is 10.8 Å². The highest BCUT2D eigenvalue weighted by Gasteiger charge is 2.08. The minimum Gasteiger partial charge on any atom is -0.438 e. The zero-order valence-electron chi connectivity index (χ0n) is 15.4. The fourth-order valence-corrected chi connectivity index (χ4v) is 2.90. The molecule has 0 spiro atoms. The first kappa shape index (κ1) is 17.6. The van der Waals surface area contributed by atoms with Crippen LogP contribution in [0.5, 0.6) is 11.6 Å². The van der Waals surface area contributed by atoms with Gasteiger partial charge in [-0.2, -0.15) is 4.68 Å². The number of aryl methyl sites for hydroxylation is 1. The Balaban J connectivity index is 1.57. The number of hydrogen-bond acceptors (Lipinski definition) is 5. The fraction of sp³-hybridized carbons (Fsp3) is 0.0909. The van der Waals surface area contributed by atoms with E-state index in [1.54, 1.807) is 18.3 Å². The third kappa shape index (κ3) is 3.81. The number of nitrogens with one attached hydrogen (secondary N) is 2. The van der Waals surface area contributed by atoms with Crippen LogP contribution in [0.1, 0.15) is 11.1 Å². The lowest BCUT2D eigenvalue weighted by Gasteiger charge is -2.11. The highest BCUT2D eigenvalue weighted by Crippen LogP contribution is 2.19. The Bertz CT molecular complexity index is 1210. The number of aromatic nitrogens is 3. The van der Waals surface area contributed by atoms with Crippen molar-refractivity contribution in [2.24, 2.45) is 0 Å². The molecule has 6 nitrogen and oxygen atoms in total. The molecule has 0 saturated carbocycles. The summed E-state index contributed by atoms with van der Waals surface area (Å²) in [6.07, 6.45) is 2.11. The molecule has 0 aliphatic rings. The summed E-state index contributed by atoms with van der Waals surface area (Å²) in [6.45, 7) is 2.01. The SMILES string of the molecule is Cc1ccc(Oc2ccc(=N)n(C(=N)Cc3ccc4ncccc4c3)n2)cc1. The van der Waals surface area contributed by atoms with Gasteiger partial charge in [0, 0.05) is 24.1 Å². The minimum absolute atomic E-state index is 0.128. The molecular weight excluding hydrogens is 350 g/mol. The molecule has 0 amide bonds. The van der Waals surface area contributed by atoms with Gasteiger partial charge in [-0.1, -0.05) is 29.8 Å². The van der Waals surface area contributed by atoms with Crippen molar-refractivity contribution in [3.8, 4) is 11.6 Å². The highest BCUT2D eigenvalue weighted by atomic mass is 16.5. The molecule has 138 valence electrons. The van der Waals surface area contributed by atoms with Gasteiger partial charge < -0.3 is 4.74 Å². The number of benzene rings is 2. The van der Waals surface area contributed by atoms with Crippen LogP contribution in [-0.4, -0.2) is 20.6 Å². The third-order valence-electron chi connectivity index (χ3n) is 4.35. The van der Waals surface area contributed by atoms with Crippen molar-refractivity contribution >= 4 is 16.7 Å². The Labute approximate surface area is 162 Å². The van der Waals surface area contributed by atoms with Crippen LogP contribution in [0, 0.1) is 17.7 Å². The number of nitrogens with zero attached hydrogens (tertiary/aromatic N) is 3. The van der Waals surface area contributed by atoms with Crippen LogP contribution in [0.15, 0.2) is 72.9 Å². The lowest BCUT2D eigenvalue weighted by atomic mass is 10.1. The van der Waals surface area contributed by atoms with Crippen molar-refractivity contribution in [2.75, 3.05) is 0 Å². The molecule has 0 saturated heterocycles. The quantitative estimate of drug-likeness (QED) is 0.420. The first-order valence-electron chi connectivity index (χ1n) is 8.89. The number of rotatable bonds is 4. The minimum atomic E-state index is 0.128. The van der Waals surface area contributed by atoms with E-state index in [4.69, 9.17) is 15.6 Å². The predicted octanol–water partition coefficient (Wildman–Crippen LogP) is 4.08. The van der Waals surface area contributed by atoms with Gasteiger partial charge in [-0.3, -0.25) is 15.8 Å². The molecule has 0 bridgehead atoms. The molecule has 6 heteroatoms. The third-order valence-corrected chi connectivity index (χ3v) is 4.35. The van der Waals surface area contributed by atoms with Gasteiger partial charge in [-0.05, 0) is 48.9 Å². The van der Waals surface area contributed by atoms with Crippen molar-refractivity contribution < 1.29 is 4.74 Å². The van der Waals surface area contributed by atoms with Crippen LogP contribution in [-0.2, 0) is 6.42 Å². The van der Waals surface area contributed by atoms with Crippen molar-refractivity contribution in [3.63, 3.8) is 0 Å². The second-order valence-electron chi connectivity index (χ2n) is 6.54.